The average Bonchev–Trinajstić information content (AvgIpc) is 2.74. The first kappa shape index (κ1) is 13.4. The third-order valence-corrected chi connectivity index (χ3v) is 4.36. The van der Waals surface area contributed by atoms with E-state index in [1.54, 1.807) is 30.1 Å². The van der Waals surface area contributed by atoms with Gasteiger partial charge in [-0.15, -0.1) is 0 Å². The van der Waals surface area contributed by atoms with Gasteiger partial charge in [0, 0.05) is 19.3 Å². The van der Waals surface area contributed by atoms with Crippen molar-refractivity contribution in [1.82, 2.24) is 9.78 Å². The van der Waals surface area contributed by atoms with Crippen molar-refractivity contribution < 1.29 is 13.2 Å². The zero-order valence-corrected chi connectivity index (χ0v) is 11.5. The van der Waals surface area contributed by atoms with Crippen molar-refractivity contribution in [3.63, 3.8) is 0 Å². The Morgan fingerprint density at radius 2 is 2.11 bits per heavy atom. The number of nitrogens with zero attached hydrogens (tertiary/aromatic N) is 2. The second-order valence-electron chi connectivity index (χ2n) is 4.14. The van der Waals surface area contributed by atoms with Gasteiger partial charge in [-0.25, -0.2) is 8.42 Å². The van der Waals surface area contributed by atoms with Crippen LogP contribution in [0.15, 0.2) is 35.4 Å². The molecule has 0 aliphatic heterocycles. The van der Waals surface area contributed by atoms with E-state index < -0.39 is 9.84 Å². The van der Waals surface area contributed by atoms with Crippen molar-refractivity contribution in [2.24, 2.45) is 7.05 Å². The van der Waals surface area contributed by atoms with Crippen LogP contribution in [-0.2, 0) is 22.6 Å². The summed E-state index contributed by atoms with van der Waals surface area (Å²) in [6.45, 7) is 0. The topological polar surface area (TPSA) is 87.2 Å². The van der Waals surface area contributed by atoms with Gasteiger partial charge in [0.2, 0.25) is 0 Å². The van der Waals surface area contributed by atoms with Crippen molar-refractivity contribution >= 4 is 15.5 Å². The number of ether oxygens (including phenoxy) is 1. The zero-order valence-electron chi connectivity index (χ0n) is 10.7. The Labute approximate surface area is 111 Å². The van der Waals surface area contributed by atoms with Crippen LogP contribution in [0.5, 0.6) is 5.75 Å². The van der Waals surface area contributed by atoms with Gasteiger partial charge in [-0.3, -0.25) is 4.68 Å². The van der Waals surface area contributed by atoms with Crippen LogP contribution in [0.4, 0.5) is 5.69 Å². The lowest BCUT2D eigenvalue weighted by molar-refractivity contribution is 0.413. The fourth-order valence-corrected chi connectivity index (χ4v) is 3.15. The molecule has 2 aromatic rings. The molecule has 0 bridgehead atoms. The van der Waals surface area contributed by atoms with E-state index in [2.05, 4.69) is 5.10 Å². The van der Waals surface area contributed by atoms with Crippen molar-refractivity contribution in [3.8, 4) is 5.75 Å². The van der Waals surface area contributed by atoms with Gasteiger partial charge in [-0.2, -0.15) is 5.10 Å². The summed E-state index contributed by atoms with van der Waals surface area (Å²) < 4.78 is 31.2. The summed E-state index contributed by atoms with van der Waals surface area (Å²) in [4.78, 5) is 0.0671. The Bertz CT molecular complexity index is 692. The molecule has 1 aromatic heterocycles. The molecule has 1 aromatic carbocycles. The SMILES string of the molecule is COc1ccc(N)c(S(=O)(=O)Cc2ccn(C)n2)c1. The minimum absolute atomic E-state index is 0.0671. The summed E-state index contributed by atoms with van der Waals surface area (Å²) in [5, 5.41) is 4.06. The average molecular weight is 281 g/mol. The van der Waals surface area contributed by atoms with Crippen molar-refractivity contribution in [2.75, 3.05) is 12.8 Å². The minimum atomic E-state index is -3.54. The van der Waals surface area contributed by atoms with E-state index >= 15 is 0 Å². The molecule has 0 atom stereocenters. The van der Waals surface area contributed by atoms with E-state index in [4.69, 9.17) is 10.5 Å². The summed E-state index contributed by atoms with van der Waals surface area (Å²) >= 11 is 0. The predicted octanol–water partition coefficient (Wildman–Crippen LogP) is 0.985. The largest absolute Gasteiger partial charge is 0.497 e. The summed E-state index contributed by atoms with van der Waals surface area (Å²) in [7, 11) is -0.339. The number of rotatable bonds is 4. The van der Waals surface area contributed by atoms with Gasteiger partial charge < -0.3 is 10.5 Å². The molecule has 7 heteroatoms. The minimum Gasteiger partial charge on any atom is -0.497 e. The van der Waals surface area contributed by atoms with E-state index in [1.165, 1.54) is 19.2 Å². The Kier molecular flexibility index (Phi) is 3.48. The third kappa shape index (κ3) is 2.87. The highest BCUT2D eigenvalue weighted by Gasteiger charge is 2.20. The van der Waals surface area contributed by atoms with E-state index in [-0.39, 0.29) is 16.3 Å². The highest BCUT2D eigenvalue weighted by Crippen LogP contribution is 2.26. The smallest absolute Gasteiger partial charge is 0.186 e. The van der Waals surface area contributed by atoms with Crippen LogP contribution in [0.2, 0.25) is 0 Å². The first-order valence-electron chi connectivity index (χ1n) is 5.57. The molecule has 0 saturated carbocycles. The molecule has 2 N–H and O–H groups in total. The van der Waals surface area contributed by atoms with Gasteiger partial charge in [0.25, 0.3) is 0 Å². The highest BCUT2D eigenvalue weighted by atomic mass is 32.2. The fraction of sp³-hybridized carbons (Fsp3) is 0.250. The van der Waals surface area contributed by atoms with Crippen molar-refractivity contribution in [1.29, 1.82) is 0 Å². The molecule has 0 unspecified atom stereocenters. The van der Waals surface area contributed by atoms with Gasteiger partial charge in [-0.1, -0.05) is 0 Å². The van der Waals surface area contributed by atoms with Crippen LogP contribution < -0.4 is 10.5 Å². The number of anilines is 1. The number of aromatic nitrogens is 2. The van der Waals surface area contributed by atoms with E-state index in [0.29, 0.717) is 11.4 Å². The van der Waals surface area contributed by atoms with Crippen molar-refractivity contribution in [3.05, 3.63) is 36.2 Å². The van der Waals surface area contributed by atoms with Gasteiger partial charge in [0.1, 0.15) is 5.75 Å². The lowest BCUT2D eigenvalue weighted by Crippen LogP contribution is -2.09. The predicted molar refractivity (Wildman–Crippen MR) is 71.5 cm³/mol. The quantitative estimate of drug-likeness (QED) is 0.844. The number of hydrogen-bond donors (Lipinski definition) is 1. The maximum atomic E-state index is 12.3. The second-order valence-corrected chi connectivity index (χ2v) is 6.10. The number of benzene rings is 1. The number of methoxy groups -OCH3 is 1. The standard InChI is InChI=1S/C12H15N3O3S/c1-15-6-5-9(14-15)8-19(16,17)12-7-10(18-2)3-4-11(12)13/h3-7H,8,13H2,1-2H3. The molecule has 0 amide bonds. The molecule has 1 heterocycles. The monoisotopic (exact) mass is 281 g/mol. The Hall–Kier alpha value is -2.02. The zero-order chi connectivity index (χ0) is 14.0. The molecule has 0 aliphatic carbocycles. The lowest BCUT2D eigenvalue weighted by atomic mass is 10.3. The van der Waals surface area contributed by atoms with Gasteiger partial charge in [0.15, 0.2) is 9.84 Å². The van der Waals surface area contributed by atoms with Crippen LogP contribution in [0.25, 0.3) is 0 Å². The van der Waals surface area contributed by atoms with Crippen molar-refractivity contribution in [2.45, 2.75) is 10.6 Å². The molecule has 0 aliphatic rings. The molecular weight excluding hydrogens is 266 g/mol. The van der Waals surface area contributed by atoms with Crippen LogP contribution in [0, 0.1) is 0 Å². The Balaban J connectivity index is 2.39. The summed E-state index contributed by atoms with van der Waals surface area (Å²) in [6, 6.07) is 6.22. The third-order valence-electron chi connectivity index (χ3n) is 2.66. The molecule has 0 spiro atoms. The molecule has 0 fully saturated rings. The molecular formula is C12H15N3O3S. The summed E-state index contributed by atoms with van der Waals surface area (Å²) in [6.07, 6.45) is 1.69. The molecule has 2 rings (SSSR count). The normalized spacial score (nSPS) is 11.5. The van der Waals surface area contributed by atoms with E-state index in [0.717, 1.165) is 0 Å². The maximum absolute atomic E-state index is 12.3. The molecule has 0 saturated heterocycles. The first-order chi connectivity index (χ1) is 8.92. The highest BCUT2D eigenvalue weighted by molar-refractivity contribution is 7.90. The van der Waals surface area contributed by atoms with Gasteiger partial charge >= 0.3 is 0 Å². The maximum Gasteiger partial charge on any atom is 0.186 e. The fourth-order valence-electron chi connectivity index (χ4n) is 1.72. The summed E-state index contributed by atoms with van der Waals surface area (Å²) in [5.74, 6) is 0.263. The molecule has 19 heavy (non-hydrogen) atoms. The molecule has 102 valence electrons. The van der Waals surface area contributed by atoms with Crippen LogP contribution in [0.1, 0.15) is 5.69 Å². The van der Waals surface area contributed by atoms with E-state index in [9.17, 15) is 8.42 Å². The van der Waals surface area contributed by atoms with Crippen LogP contribution in [0.3, 0.4) is 0 Å². The molecule has 0 radical (unpaired) electrons. The van der Waals surface area contributed by atoms with Crippen LogP contribution in [-0.4, -0.2) is 25.3 Å². The Morgan fingerprint density at radius 1 is 1.37 bits per heavy atom. The van der Waals surface area contributed by atoms with Crippen LogP contribution >= 0.6 is 0 Å². The van der Waals surface area contributed by atoms with E-state index in [1.807, 2.05) is 0 Å². The number of nitrogens with two attached hydrogens (primary N) is 1. The molecule has 6 nitrogen and oxygen atoms in total. The van der Waals surface area contributed by atoms with Gasteiger partial charge in [0.05, 0.1) is 29.1 Å². The van der Waals surface area contributed by atoms with Gasteiger partial charge in [-0.05, 0) is 18.2 Å². The lowest BCUT2D eigenvalue weighted by Gasteiger charge is -2.08. The number of nitrogen functional groups attached to an aromatic ring is 1. The summed E-state index contributed by atoms with van der Waals surface area (Å²) in [5.41, 5.74) is 6.41. The number of sulfone groups is 1. The number of hydrogen-bond acceptors (Lipinski definition) is 5. The first-order valence-corrected chi connectivity index (χ1v) is 7.22. The number of aryl methyl sites for hydroxylation is 1. The second kappa shape index (κ2) is 4.93. The Morgan fingerprint density at radius 3 is 2.68 bits per heavy atom.